The number of nitrogens with two attached hydrogens (primary N) is 1. The monoisotopic (exact) mass is 400 g/mol. The molecule has 1 aromatic carbocycles. The number of nitrogens with zero attached hydrogens (tertiary/aromatic N) is 4. The van der Waals surface area contributed by atoms with Crippen molar-refractivity contribution in [2.45, 2.75) is 12.6 Å². The predicted molar refractivity (Wildman–Crippen MR) is 104 cm³/mol. The number of carbonyl (C=O) groups excluding carboxylic acids is 2. The van der Waals surface area contributed by atoms with Crippen molar-refractivity contribution in [1.29, 1.82) is 0 Å². The van der Waals surface area contributed by atoms with Crippen LogP contribution < -0.4 is 20.7 Å². The lowest BCUT2D eigenvalue weighted by atomic mass is 10.1. The summed E-state index contributed by atoms with van der Waals surface area (Å²) in [5.74, 6) is -0.168. The lowest BCUT2D eigenvalue weighted by molar-refractivity contribution is -0.124. The van der Waals surface area contributed by atoms with Crippen molar-refractivity contribution in [2.75, 3.05) is 25.5 Å². The fourth-order valence-electron chi connectivity index (χ4n) is 2.83. The first-order valence-corrected chi connectivity index (χ1v) is 8.82. The highest BCUT2D eigenvalue weighted by molar-refractivity contribution is 5.84. The van der Waals surface area contributed by atoms with Crippen LogP contribution in [0.1, 0.15) is 15.9 Å². The standard InChI is InChI=1S/C19H21FN6O3/c1-22-9-16(18(21)28)29-15-4-3-14(20)7-12(15)10-25(2)17-5-6-26-19(24-17)13(11-27)8-23-26/h3-8,11,16,22H,9-10H2,1-2H3,(H2,21,28). The largest absolute Gasteiger partial charge is 0.479 e. The summed E-state index contributed by atoms with van der Waals surface area (Å²) in [4.78, 5) is 29.0. The number of carbonyl (C=O) groups is 2. The van der Waals surface area contributed by atoms with Crippen LogP contribution in [0.2, 0.25) is 0 Å². The Balaban J connectivity index is 1.88. The molecule has 0 bridgehead atoms. The normalized spacial score (nSPS) is 12.0. The number of aldehydes is 1. The van der Waals surface area contributed by atoms with Crippen LogP contribution in [0.5, 0.6) is 5.75 Å². The van der Waals surface area contributed by atoms with Gasteiger partial charge in [0.25, 0.3) is 5.91 Å². The minimum atomic E-state index is -0.897. The molecule has 0 aliphatic rings. The second-order valence-corrected chi connectivity index (χ2v) is 6.45. The van der Waals surface area contributed by atoms with E-state index in [1.165, 1.54) is 28.9 Å². The summed E-state index contributed by atoms with van der Waals surface area (Å²) in [5.41, 5.74) is 6.68. The molecule has 0 spiro atoms. The molecule has 2 heterocycles. The Hall–Kier alpha value is -3.53. The Morgan fingerprint density at radius 3 is 2.93 bits per heavy atom. The third-order valence-electron chi connectivity index (χ3n) is 4.31. The van der Waals surface area contributed by atoms with Gasteiger partial charge < -0.3 is 20.7 Å². The smallest absolute Gasteiger partial charge is 0.259 e. The van der Waals surface area contributed by atoms with Crippen molar-refractivity contribution in [3.8, 4) is 5.75 Å². The molecule has 3 aromatic rings. The van der Waals surface area contributed by atoms with Gasteiger partial charge in [-0.3, -0.25) is 9.59 Å². The first-order valence-electron chi connectivity index (χ1n) is 8.82. The first-order chi connectivity index (χ1) is 13.9. The molecule has 0 aliphatic carbocycles. The summed E-state index contributed by atoms with van der Waals surface area (Å²) < 4.78 is 21.1. The van der Waals surface area contributed by atoms with Gasteiger partial charge >= 0.3 is 0 Å². The summed E-state index contributed by atoms with van der Waals surface area (Å²) in [6.07, 6.45) is 2.90. The molecular formula is C19H21FN6O3. The Bertz CT molecular complexity index is 1040. The predicted octanol–water partition coefficient (Wildman–Crippen LogP) is 0.769. The van der Waals surface area contributed by atoms with Crippen molar-refractivity contribution in [2.24, 2.45) is 5.73 Å². The molecule has 0 fully saturated rings. The molecule has 10 heteroatoms. The van der Waals surface area contributed by atoms with E-state index < -0.39 is 17.8 Å². The lowest BCUT2D eigenvalue weighted by Gasteiger charge is -2.22. The average Bonchev–Trinajstić information content (AvgIpc) is 3.11. The molecule has 3 rings (SSSR count). The van der Waals surface area contributed by atoms with Crippen molar-refractivity contribution < 1.29 is 18.7 Å². The molecule has 0 saturated carbocycles. The Kier molecular flexibility index (Phi) is 6.03. The topological polar surface area (TPSA) is 115 Å². The second kappa shape index (κ2) is 8.65. The van der Waals surface area contributed by atoms with E-state index in [1.807, 2.05) is 0 Å². The highest BCUT2D eigenvalue weighted by Gasteiger charge is 2.19. The fourth-order valence-corrected chi connectivity index (χ4v) is 2.83. The number of amides is 1. The van der Waals surface area contributed by atoms with Gasteiger partial charge in [-0.25, -0.2) is 13.9 Å². The summed E-state index contributed by atoms with van der Waals surface area (Å²) in [6.45, 7) is 0.460. The van der Waals surface area contributed by atoms with E-state index in [1.54, 1.807) is 31.3 Å². The van der Waals surface area contributed by atoms with E-state index in [-0.39, 0.29) is 13.1 Å². The van der Waals surface area contributed by atoms with E-state index in [0.29, 0.717) is 34.6 Å². The Morgan fingerprint density at radius 2 is 2.24 bits per heavy atom. The number of hydrogen-bond acceptors (Lipinski definition) is 7. The van der Waals surface area contributed by atoms with Gasteiger partial charge in [0.2, 0.25) is 0 Å². The lowest BCUT2D eigenvalue weighted by Crippen LogP contribution is -2.41. The number of likely N-dealkylation sites (N-methyl/N-ethyl adjacent to an activating group) is 1. The highest BCUT2D eigenvalue weighted by atomic mass is 19.1. The van der Waals surface area contributed by atoms with Gasteiger partial charge in [0.15, 0.2) is 18.0 Å². The van der Waals surface area contributed by atoms with Gasteiger partial charge in [0.05, 0.1) is 11.8 Å². The average molecular weight is 400 g/mol. The number of halogens is 1. The van der Waals surface area contributed by atoms with Crippen LogP contribution in [0, 0.1) is 5.82 Å². The van der Waals surface area contributed by atoms with Crippen LogP contribution in [0.25, 0.3) is 5.65 Å². The molecule has 2 aromatic heterocycles. The molecule has 0 aliphatic heterocycles. The highest BCUT2D eigenvalue weighted by Crippen LogP contribution is 2.24. The van der Waals surface area contributed by atoms with Gasteiger partial charge in [0, 0.05) is 31.9 Å². The van der Waals surface area contributed by atoms with Crippen molar-refractivity contribution in [3.05, 3.63) is 53.6 Å². The Labute approximate surface area is 166 Å². The molecule has 9 nitrogen and oxygen atoms in total. The number of primary amides is 1. The Morgan fingerprint density at radius 1 is 1.45 bits per heavy atom. The number of nitrogens with one attached hydrogen (secondary N) is 1. The van der Waals surface area contributed by atoms with Crippen LogP contribution in [-0.4, -0.2) is 53.5 Å². The number of ether oxygens (including phenoxy) is 1. The number of hydrogen-bond donors (Lipinski definition) is 2. The maximum Gasteiger partial charge on any atom is 0.259 e. The maximum atomic E-state index is 13.9. The van der Waals surface area contributed by atoms with Gasteiger partial charge in [-0.15, -0.1) is 0 Å². The molecule has 152 valence electrons. The summed E-state index contributed by atoms with van der Waals surface area (Å²) in [5, 5.41) is 6.89. The zero-order valence-electron chi connectivity index (χ0n) is 16.0. The molecule has 0 radical (unpaired) electrons. The van der Waals surface area contributed by atoms with Crippen LogP contribution >= 0.6 is 0 Å². The fraction of sp³-hybridized carbons (Fsp3) is 0.263. The van der Waals surface area contributed by atoms with Crippen LogP contribution in [0.15, 0.2) is 36.7 Å². The van der Waals surface area contributed by atoms with Crippen molar-refractivity contribution in [1.82, 2.24) is 19.9 Å². The van der Waals surface area contributed by atoms with E-state index in [9.17, 15) is 14.0 Å². The minimum Gasteiger partial charge on any atom is -0.479 e. The second-order valence-electron chi connectivity index (χ2n) is 6.45. The molecule has 1 unspecified atom stereocenters. The van der Waals surface area contributed by atoms with Crippen LogP contribution in [0.4, 0.5) is 10.2 Å². The van der Waals surface area contributed by atoms with Crippen LogP contribution in [0.3, 0.4) is 0 Å². The van der Waals surface area contributed by atoms with Gasteiger partial charge in [-0.2, -0.15) is 5.10 Å². The zero-order valence-corrected chi connectivity index (χ0v) is 16.0. The third-order valence-corrected chi connectivity index (χ3v) is 4.31. The maximum absolute atomic E-state index is 13.9. The summed E-state index contributed by atoms with van der Waals surface area (Å²) in [7, 11) is 3.44. The van der Waals surface area contributed by atoms with E-state index in [0.717, 1.165) is 0 Å². The SMILES string of the molecule is CNCC(Oc1ccc(F)cc1CN(C)c1ccn2ncc(C=O)c2n1)C(N)=O. The molecular weight excluding hydrogens is 379 g/mol. The number of aromatic nitrogens is 3. The van der Waals surface area contributed by atoms with Gasteiger partial charge in [-0.05, 0) is 31.3 Å². The number of benzene rings is 1. The number of anilines is 1. The zero-order chi connectivity index (χ0) is 21.0. The van der Waals surface area contributed by atoms with Crippen molar-refractivity contribution >= 4 is 23.7 Å². The molecule has 1 atom stereocenters. The molecule has 1 amide bonds. The molecule has 0 saturated heterocycles. The minimum absolute atomic E-state index is 0.218. The quantitative estimate of drug-likeness (QED) is 0.510. The van der Waals surface area contributed by atoms with Crippen molar-refractivity contribution in [3.63, 3.8) is 0 Å². The van der Waals surface area contributed by atoms with E-state index in [2.05, 4.69) is 15.4 Å². The third kappa shape index (κ3) is 4.49. The number of fused-ring (bicyclic) bond motifs is 1. The first kappa shape index (κ1) is 20.2. The number of rotatable bonds is 9. The molecule has 3 N–H and O–H groups in total. The van der Waals surface area contributed by atoms with E-state index >= 15 is 0 Å². The van der Waals surface area contributed by atoms with Gasteiger partial charge in [-0.1, -0.05) is 0 Å². The van der Waals surface area contributed by atoms with E-state index in [4.69, 9.17) is 10.5 Å². The van der Waals surface area contributed by atoms with Gasteiger partial charge in [0.1, 0.15) is 17.4 Å². The van der Waals surface area contributed by atoms with Crippen LogP contribution in [-0.2, 0) is 11.3 Å². The summed E-state index contributed by atoms with van der Waals surface area (Å²) in [6, 6.07) is 5.77. The summed E-state index contributed by atoms with van der Waals surface area (Å²) >= 11 is 0. The molecule has 29 heavy (non-hydrogen) atoms.